The second-order valence-electron chi connectivity index (χ2n) is 6.72. The van der Waals surface area contributed by atoms with E-state index in [0.717, 1.165) is 18.7 Å². The average molecular weight is 376 g/mol. The van der Waals surface area contributed by atoms with Crippen molar-refractivity contribution in [3.8, 4) is 11.4 Å². The van der Waals surface area contributed by atoms with Gasteiger partial charge in [0.2, 0.25) is 0 Å². The standard InChI is InChI=1S/C22H24N4O2/c1-2-28-20-15-26(17-9-4-3-5-10-17)25-21(20)22(27)24-14-19-18-11-7-6-8-16(18)12-13-23-19/h3-11,15,19,23H,2,12-14H2,1H3,(H,24,27). The van der Waals surface area contributed by atoms with Gasteiger partial charge in [0.1, 0.15) is 0 Å². The zero-order valence-electron chi connectivity index (χ0n) is 15.9. The van der Waals surface area contributed by atoms with E-state index in [4.69, 9.17) is 4.74 Å². The first-order valence-corrected chi connectivity index (χ1v) is 9.63. The van der Waals surface area contributed by atoms with Gasteiger partial charge in [-0.1, -0.05) is 42.5 Å². The van der Waals surface area contributed by atoms with Crippen LogP contribution in [0.3, 0.4) is 0 Å². The zero-order valence-corrected chi connectivity index (χ0v) is 15.9. The number of carbonyl (C=O) groups excluding carboxylic acids is 1. The fraction of sp³-hybridized carbons (Fsp3) is 0.273. The van der Waals surface area contributed by atoms with Crippen LogP contribution in [-0.2, 0) is 6.42 Å². The Morgan fingerprint density at radius 1 is 1.21 bits per heavy atom. The van der Waals surface area contributed by atoms with Gasteiger partial charge in [-0.05, 0) is 43.1 Å². The van der Waals surface area contributed by atoms with Crippen molar-refractivity contribution < 1.29 is 9.53 Å². The van der Waals surface area contributed by atoms with Crippen LogP contribution in [0.1, 0.15) is 34.6 Å². The van der Waals surface area contributed by atoms with E-state index in [2.05, 4.69) is 33.9 Å². The molecule has 2 aromatic carbocycles. The number of hydrogen-bond acceptors (Lipinski definition) is 4. The lowest BCUT2D eigenvalue weighted by Gasteiger charge is -2.27. The number of hydrogen-bond donors (Lipinski definition) is 2. The fourth-order valence-corrected chi connectivity index (χ4v) is 3.54. The summed E-state index contributed by atoms with van der Waals surface area (Å²) < 4.78 is 7.32. The number of rotatable bonds is 6. The molecule has 28 heavy (non-hydrogen) atoms. The molecule has 1 amide bonds. The second-order valence-corrected chi connectivity index (χ2v) is 6.72. The zero-order chi connectivity index (χ0) is 19.3. The number of carbonyl (C=O) groups is 1. The number of aromatic nitrogens is 2. The van der Waals surface area contributed by atoms with Gasteiger partial charge in [-0.3, -0.25) is 4.79 Å². The predicted octanol–water partition coefficient (Wildman–Crippen LogP) is 2.89. The molecule has 0 fully saturated rings. The van der Waals surface area contributed by atoms with Gasteiger partial charge in [0.25, 0.3) is 5.91 Å². The molecule has 0 spiro atoms. The van der Waals surface area contributed by atoms with Crippen LogP contribution in [0.15, 0.2) is 60.8 Å². The van der Waals surface area contributed by atoms with Crippen molar-refractivity contribution in [1.82, 2.24) is 20.4 Å². The van der Waals surface area contributed by atoms with Gasteiger partial charge in [0.05, 0.1) is 18.5 Å². The quantitative estimate of drug-likeness (QED) is 0.694. The van der Waals surface area contributed by atoms with Crippen molar-refractivity contribution in [3.05, 3.63) is 77.6 Å². The molecular weight excluding hydrogens is 352 g/mol. The molecule has 4 rings (SSSR count). The molecule has 1 aliphatic heterocycles. The maximum Gasteiger partial charge on any atom is 0.275 e. The fourth-order valence-electron chi connectivity index (χ4n) is 3.54. The lowest BCUT2D eigenvalue weighted by Crippen LogP contribution is -2.39. The van der Waals surface area contributed by atoms with E-state index >= 15 is 0 Å². The summed E-state index contributed by atoms with van der Waals surface area (Å²) in [6, 6.07) is 18.2. The first-order valence-electron chi connectivity index (χ1n) is 9.63. The van der Waals surface area contributed by atoms with Crippen molar-refractivity contribution in [1.29, 1.82) is 0 Å². The van der Waals surface area contributed by atoms with Crippen LogP contribution in [-0.4, -0.2) is 35.4 Å². The number of amides is 1. The van der Waals surface area contributed by atoms with Gasteiger partial charge >= 0.3 is 0 Å². The lowest BCUT2D eigenvalue weighted by atomic mass is 9.94. The first kappa shape index (κ1) is 18.3. The van der Waals surface area contributed by atoms with Crippen LogP contribution in [0, 0.1) is 0 Å². The summed E-state index contributed by atoms with van der Waals surface area (Å²) in [5.74, 6) is 0.254. The second kappa shape index (κ2) is 8.27. The number of nitrogens with one attached hydrogen (secondary N) is 2. The Hall–Kier alpha value is -3.12. The first-order chi connectivity index (χ1) is 13.8. The van der Waals surface area contributed by atoms with Gasteiger partial charge in [-0.2, -0.15) is 5.10 Å². The Kier molecular flexibility index (Phi) is 5.39. The summed E-state index contributed by atoms with van der Waals surface area (Å²) in [6.45, 7) is 3.77. The number of nitrogens with zero attached hydrogens (tertiary/aromatic N) is 2. The molecule has 0 bridgehead atoms. The molecule has 3 aromatic rings. The third-order valence-corrected chi connectivity index (χ3v) is 4.90. The molecule has 0 saturated carbocycles. The average Bonchev–Trinajstić information content (AvgIpc) is 3.17. The van der Waals surface area contributed by atoms with Crippen LogP contribution >= 0.6 is 0 Å². The minimum absolute atomic E-state index is 0.0978. The smallest absolute Gasteiger partial charge is 0.275 e. The molecule has 2 heterocycles. The van der Waals surface area contributed by atoms with Crippen LogP contribution in [0.4, 0.5) is 0 Å². The summed E-state index contributed by atoms with van der Waals surface area (Å²) in [5, 5.41) is 11.0. The number of benzene rings is 2. The minimum Gasteiger partial charge on any atom is -0.490 e. The molecule has 1 unspecified atom stereocenters. The van der Waals surface area contributed by atoms with E-state index in [1.165, 1.54) is 11.1 Å². The molecule has 0 saturated heterocycles. The Balaban J connectivity index is 1.51. The SMILES string of the molecule is CCOc1cn(-c2ccccc2)nc1C(=O)NCC1NCCc2ccccc21. The van der Waals surface area contributed by atoms with Gasteiger partial charge in [-0.25, -0.2) is 4.68 Å². The summed E-state index contributed by atoms with van der Waals surface area (Å²) in [5.41, 5.74) is 3.76. The van der Waals surface area contributed by atoms with Crippen molar-refractivity contribution >= 4 is 5.91 Å². The van der Waals surface area contributed by atoms with Gasteiger partial charge in [0, 0.05) is 12.6 Å². The molecule has 2 N–H and O–H groups in total. The highest BCUT2D eigenvalue weighted by atomic mass is 16.5. The monoisotopic (exact) mass is 376 g/mol. The maximum atomic E-state index is 12.8. The number of fused-ring (bicyclic) bond motifs is 1. The van der Waals surface area contributed by atoms with Crippen LogP contribution in [0.5, 0.6) is 5.75 Å². The van der Waals surface area contributed by atoms with Crippen molar-refractivity contribution in [3.63, 3.8) is 0 Å². The Morgan fingerprint density at radius 2 is 2.00 bits per heavy atom. The third-order valence-electron chi connectivity index (χ3n) is 4.90. The summed E-state index contributed by atoms with van der Waals surface area (Å²) in [4.78, 5) is 12.8. The third kappa shape index (κ3) is 3.77. The van der Waals surface area contributed by atoms with E-state index in [0.29, 0.717) is 24.6 Å². The Bertz CT molecular complexity index is 952. The highest BCUT2D eigenvalue weighted by molar-refractivity contribution is 5.95. The molecule has 6 heteroatoms. The molecule has 1 aliphatic rings. The van der Waals surface area contributed by atoms with Gasteiger partial charge in [-0.15, -0.1) is 0 Å². The molecule has 1 aromatic heterocycles. The summed E-state index contributed by atoms with van der Waals surface area (Å²) in [6.07, 6.45) is 2.76. The molecule has 0 radical (unpaired) electrons. The topological polar surface area (TPSA) is 68.2 Å². The highest BCUT2D eigenvalue weighted by Crippen LogP contribution is 2.23. The van der Waals surface area contributed by atoms with E-state index in [9.17, 15) is 4.79 Å². The molecular formula is C22H24N4O2. The van der Waals surface area contributed by atoms with Crippen LogP contribution < -0.4 is 15.4 Å². The maximum absolute atomic E-state index is 12.8. The largest absolute Gasteiger partial charge is 0.490 e. The van der Waals surface area contributed by atoms with Crippen LogP contribution in [0.2, 0.25) is 0 Å². The molecule has 144 valence electrons. The molecule has 0 aliphatic carbocycles. The van der Waals surface area contributed by atoms with E-state index in [-0.39, 0.29) is 11.9 Å². The summed E-state index contributed by atoms with van der Waals surface area (Å²) >= 11 is 0. The normalized spacial score (nSPS) is 15.7. The number of ether oxygens (including phenoxy) is 1. The summed E-state index contributed by atoms with van der Waals surface area (Å²) in [7, 11) is 0. The van der Waals surface area contributed by atoms with E-state index in [1.54, 1.807) is 10.9 Å². The highest BCUT2D eigenvalue weighted by Gasteiger charge is 2.23. The van der Waals surface area contributed by atoms with E-state index in [1.807, 2.05) is 43.3 Å². The van der Waals surface area contributed by atoms with Crippen molar-refractivity contribution in [2.24, 2.45) is 0 Å². The lowest BCUT2D eigenvalue weighted by molar-refractivity contribution is 0.0940. The molecule has 6 nitrogen and oxygen atoms in total. The van der Waals surface area contributed by atoms with Gasteiger partial charge < -0.3 is 15.4 Å². The van der Waals surface area contributed by atoms with Crippen molar-refractivity contribution in [2.75, 3.05) is 19.7 Å². The Labute approximate surface area is 164 Å². The van der Waals surface area contributed by atoms with E-state index < -0.39 is 0 Å². The van der Waals surface area contributed by atoms with Crippen molar-refractivity contribution in [2.45, 2.75) is 19.4 Å². The molecule has 1 atom stereocenters. The van der Waals surface area contributed by atoms with Crippen LogP contribution in [0.25, 0.3) is 5.69 Å². The minimum atomic E-state index is -0.233. The number of para-hydroxylation sites is 1. The van der Waals surface area contributed by atoms with Gasteiger partial charge in [0.15, 0.2) is 11.4 Å². The Morgan fingerprint density at radius 3 is 2.82 bits per heavy atom. The predicted molar refractivity (Wildman–Crippen MR) is 108 cm³/mol.